The molecule has 0 radical (unpaired) electrons. The molecular weight excluding hydrogens is 175 g/mol. The van der Waals surface area contributed by atoms with Crippen molar-refractivity contribution in [2.75, 3.05) is 0 Å². The molecule has 0 aromatic heterocycles. The van der Waals surface area contributed by atoms with Gasteiger partial charge in [-0.05, 0) is 6.42 Å². The third-order valence-corrected chi connectivity index (χ3v) is 4.14. The van der Waals surface area contributed by atoms with E-state index in [-0.39, 0.29) is 10.8 Å². The maximum absolute atomic E-state index is 14.3. The summed E-state index contributed by atoms with van der Waals surface area (Å²) in [4.78, 5) is 0. The predicted octanol–water partition coefficient (Wildman–Crippen LogP) is 3.95. The van der Waals surface area contributed by atoms with Crippen LogP contribution in [0.3, 0.4) is 0 Å². The van der Waals surface area contributed by atoms with Gasteiger partial charge in [-0.3, -0.25) is 0 Å². The first-order valence-corrected chi connectivity index (χ1v) is 5.50. The number of rotatable bonds is 2. The molecule has 0 N–H and O–H groups in total. The Morgan fingerprint density at radius 1 is 1.07 bits per heavy atom. The third-order valence-electron chi connectivity index (χ3n) is 4.14. The van der Waals surface area contributed by atoms with Gasteiger partial charge in [-0.15, -0.1) is 0 Å². The van der Waals surface area contributed by atoms with E-state index in [2.05, 4.69) is 18.8 Å². The summed E-state index contributed by atoms with van der Waals surface area (Å²) in [5.74, 6) is 5.81. The van der Waals surface area contributed by atoms with Gasteiger partial charge in [0, 0.05) is 17.3 Å². The fourth-order valence-electron chi connectivity index (χ4n) is 2.01. The van der Waals surface area contributed by atoms with Crippen molar-refractivity contribution in [3.8, 4) is 11.8 Å². The number of alkyl halides is 1. The fraction of sp³-hybridized carbons (Fsp3) is 0.846. The summed E-state index contributed by atoms with van der Waals surface area (Å²) in [6.07, 6.45) is 3.03. The van der Waals surface area contributed by atoms with Crippen LogP contribution in [0.2, 0.25) is 0 Å². The van der Waals surface area contributed by atoms with Crippen LogP contribution in [0.4, 0.5) is 4.39 Å². The molecule has 0 saturated heterocycles. The second kappa shape index (κ2) is 3.26. The summed E-state index contributed by atoms with van der Waals surface area (Å²) in [5, 5.41) is 0. The molecule has 0 aromatic carbocycles. The van der Waals surface area contributed by atoms with Crippen LogP contribution in [0.5, 0.6) is 0 Å². The van der Waals surface area contributed by atoms with Gasteiger partial charge in [-0.1, -0.05) is 52.9 Å². The third kappa shape index (κ3) is 1.28. The van der Waals surface area contributed by atoms with Gasteiger partial charge in [0.15, 0.2) is 5.67 Å². The minimum atomic E-state index is -1.27. The van der Waals surface area contributed by atoms with Gasteiger partial charge in [0.1, 0.15) is 0 Å². The first kappa shape index (κ1) is 11.6. The lowest BCUT2D eigenvalue weighted by molar-refractivity contribution is 0.303. The molecule has 1 fully saturated rings. The highest BCUT2D eigenvalue weighted by molar-refractivity contribution is 5.39. The zero-order chi connectivity index (χ0) is 11.0. The predicted molar refractivity (Wildman–Crippen MR) is 58.7 cm³/mol. The first-order chi connectivity index (χ1) is 6.31. The van der Waals surface area contributed by atoms with Crippen LogP contribution in [0.1, 0.15) is 53.9 Å². The quantitative estimate of drug-likeness (QED) is 0.463. The summed E-state index contributed by atoms with van der Waals surface area (Å²) in [6, 6.07) is 0. The molecule has 1 aliphatic carbocycles. The molecule has 0 heterocycles. The molecule has 0 spiro atoms. The Labute approximate surface area is 87.3 Å². The molecule has 1 rings (SSSR count). The van der Waals surface area contributed by atoms with E-state index in [9.17, 15) is 4.39 Å². The van der Waals surface area contributed by atoms with Crippen molar-refractivity contribution >= 4 is 0 Å². The van der Waals surface area contributed by atoms with Crippen LogP contribution in [-0.4, -0.2) is 5.67 Å². The Bertz CT molecular complexity index is 261. The molecule has 1 heteroatoms. The second-order valence-corrected chi connectivity index (χ2v) is 5.31. The van der Waals surface area contributed by atoms with E-state index in [0.29, 0.717) is 0 Å². The normalized spacial score (nSPS) is 25.0. The smallest absolute Gasteiger partial charge is 0.182 e. The van der Waals surface area contributed by atoms with Crippen molar-refractivity contribution in [3.63, 3.8) is 0 Å². The van der Waals surface area contributed by atoms with Gasteiger partial charge in [0.25, 0.3) is 0 Å². The van der Waals surface area contributed by atoms with E-state index in [4.69, 9.17) is 0 Å². The molecule has 0 aromatic rings. The second-order valence-electron chi connectivity index (χ2n) is 5.31. The Morgan fingerprint density at radius 2 is 1.57 bits per heavy atom. The Balaban J connectivity index is 2.66. The maximum Gasteiger partial charge on any atom is 0.182 e. The van der Waals surface area contributed by atoms with Crippen LogP contribution in [-0.2, 0) is 0 Å². The average Bonchev–Trinajstić information content (AvgIpc) is 2.39. The largest absolute Gasteiger partial charge is 0.228 e. The van der Waals surface area contributed by atoms with Gasteiger partial charge >= 0.3 is 0 Å². The number of hydrogen-bond acceptors (Lipinski definition) is 0. The molecule has 0 bridgehead atoms. The molecule has 1 saturated carbocycles. The average molecular weight is 196 g/mol. The zero-order valence-electron chi connectivity index (χ0n) is 10.00. The van der Waals surface area contributed by atoms with Gasteiger partial charge in [0.05, 0.1) is 0 Å². The highest BCUT2D eigenvalue weighted by Crippen LogP contribution is 2.73. The Hall–Kier alpha value is -0.510. The highest BCUT2D eigenvalue weighted by Gasteiger charge is 2.78. The molecule has 0 nitrogen and oxygen atoms in total. The lowest BCUT2D eigenvalue weighted by Gasteiger charge is -2.00. The van der Waals surface area contributed by atoms with E-state index in [0.717, 1.165) is 19.3 Å². The van der Waals surface area contributed by atoms with Crippen LogP contribution in [0, 0.1) is 22.7 Å². The van der Waals surface area contributed by atoms with Gasteiger partial charge in [0.2, 0.25) is 0 Å². The first-order valence-electron chi connectivity index (χ1n) is 5.50. The zero-order valence-corrected chi connectivity index (χ0v) is 10.00. The molecule has 0 aliphatic heterocycles. The summed E-state index contributed by atoms with van der Waals surface area (Å²) in [7, 11) is 0. The highest BCUT2D eigenvalue weighted by atomic mass is 19.1. The van der Waals surface area contributed by atoms with E-state index in [1.807, 2.05) is 27.7 Å². The fourth-order valence-corrected chi connectivity index (χ4v) is 2.01. The molecule has 0 atom stereocenters. The van der Waals surface area contributed by atoms with Crippen molar-refractivity contribution in [1.82, 2.24) is 0 Å². The number of unbranched alkanes of at least 4 members (excludes halogenated alkanes) is 2. The van der Waals surface area contributed by atoms with Crippen LogP contribution >= 0.6 is 0 Å². The molecule has 14 heavy (non-hydrogen) atoms. The van der Waals surface area contributed by atoms with Gasteiger partial charge in [-0.2, -0.15) is 0 Å². The molecule has 0 unspecified atom stereocenters. The van der Waals surface area contributed by atoms with Crippen molar-refractivity contribution in [3.05, 3.63) is 0 Å². The Kier molecular flexibility index (Phi) is 2.69. The number of hydrogen-bond donors (Lipinski definition) is 0. The summed E-state index contributed by atoms with van der Waals surface area (Å²) >= 11 is 0. The van der Waals surface area contributed by atoms with E-state index < -0.39 is 5.67 Å². The SMILES string of the molecule is CCCCC#CC1(F)C(C)(C)C1(C)C. The van der Waals surface area contributed by atoms with Gasteiger partial charge in [-0.25, -0.2) is 4.39 Å². The minimum Gasteiger partial charge on any atom is -0.228 e. The lowest BCUT2D eigenvalue weighted by atomic mass is 10.0. The van der Waals surface area contributed by atoms with E-state index in [1.54, 1.807) is 0 Å². The summed E-state index contributed by atoms with van der Waals surface area (Å²) in [5.41, 5.74) is -1.85. The van der Waals surface area contributed by atoms with E-state index >= 15 is 0 Å². The monoisotopic (exact) mass is 196 g/mol. The van der Waals surface area contributed by atoms with Crippen molar-refractivity contribution in [2.24, 2.45) is 10.8 Å². The molecular formula is C13H21F. The topological polar surface area (TPSA) is 0 Å². The summed E-state index contributed by atoms with van der Waals surface area (Å²) < 4.78 is 14.3. The van der Waals surface area contributed by atoms with E-state index in [1.165, 1.54) is 0 Å². The van der Waals surface area contributed by atoms with Crippen molar-refractivity contribution < 1.29 is 4.39 Å². The van der Waals surface area contributed by atoms with Crippen LogP contribution in [0.15, 0.2) is 0 Å². The molecule has 1 aliphatic rings. The summed E-state index contributed by atoms with van der Waals surface area (Å²) in [6.45, 7) is 9.96. The Morgan fingerprint density at radius 3 is 1.93 bits per heavy atom. The van der Waals surface area contributed by atoms with Crippen molar-refractivity contribution in [2.45, 2.75) is 59.5 Å². The van der Waals surface area contributed by atoms with Crippen LogP contribution < -0.4 is 0 Å². The maximum atomic E-state index is 14.3. The van der Waals surface area contributed by atoms with Crippen molar-refractivity contribution in [1.29, 1.82) is 0 Å². The molecule has 80 valence electrons. The lowest BCUT2D eigenvalue weighted by Crippen LogP contribution is -2.07. The standard InChI is InChI=1S/C13H21F/c1-6-7-8-9-10-13(14)11(2,3)12(13,4)5/h6-8H2,1-5H3. The van der Waals surface area contributed by atoms with Gasteiger partial charge < -0.3 is 0 Å². The minimum absolute atomic E-state index is 0.292. The number of halogens is 1. The van der Waals surface area contributed by atoms with Crippen LogP contribution in [0.25, 0.3) is 0 Å². The molecule has 0 amide bonds.